The van der Waals surface area contributed by atoms with Gasteiger partial charge in [0.15, 0.2) is 0 Å². The van der Waals surface area contributed by atoms with Gasteiger partial charge in [0.2, 0.25) is 0 Å². The van der Waals surface area contributed by atoms with Gasteiger partial charge in [-0.25, -0.2) is 4.57 Å². The molecular weight excluding hydrogens is 304 g/mol. The second-order valence-corrected chi connectivity index (χ2v) is 7.36. The van der Waals surface area contributed by atoms with Crippen LogP contribution in [0, 0.1) is 13.8 Å². The summed E-state index contributed by atoms with van der Waals surface area (Å²) in [5.41, 5.74) is 7.85. The van der Waals surface area contributed by atoms with Crippen molar-refractivity contribution < 1.29 is 4.57 Å². The van der Waals surface area contributed by atoms with Gasteiger partial charge in [0.1, 0.15) is 11.2 Å². The number of nitrogens with zero attached hydrogens (tertiary/aromatic N) is 2. The molecule has 0 N–H and O–H groups in total. The molecule has 0 unspecified atom stereocenters. The van der Waals surface area contributed by atoms with Crippen LogP contribution in [0.15, 0.2) is 54.7 Å². The summed E-state index contributed by atoms with van der Waals surface area (Å²) in [6.45, 7) is 8.94. The molecule has 4 aromatic rings. The number of rotatable bonds is 2. The van der Waals surface area contributed by atoms with Gasteiger partial charge in [-0.2, -0.15) is 4.57 Å². The molecule has 0 saturated carbocycles. The van der Waals surface area contributed by atoms with Crippen LogP contribution in [0.2, 0.25) is 0 Å². The Kier molecular flexibility index (Phi) is 3.64. The predicted molar refractivity (Wildman–Crippen MR) is 106 cm³/mol. The van der Waals surface area contributed by atoms with Crippen molar-refractivity contribution in [3.05, 3.63) is 71.4 Å². The summed E-state index contributed by atoms with van der Waals surface area (Å²) in [7, 11) is 2.15. The van der Waals surface area contributed by atoms with Crippen LogP contribution in [-0.2, 0) is 7.05 Å². The molecule has 0 saturated heterocycles. The van der Waals surface area contributed by atoms with Gasteiger partial charge in [0.25, 0.3) is 5.65 Å². The topological polar surface area (TPSA) is 8.81 Å². The SMILES string of the molecule is Cc1cc2c3ccccc3n(-c3cccc(C(C)C)c3C)c2[n+](C)c1. The molecule has 2 heteroatoms. The maximum absolute atomic E-state index is 2.42. The van der Waals surface area contributed by atoms with E-state index in [2.05, 4.69) is 98.6 Å². The van der Waals surface area contributed by atoms with Gasteiger partial charge in [0.05, 0.1) is 18.6 Å². The van der Waals surface area contributed by atoms with E-state index in [0.29, 0.717) is 5.92 Å². The fourth-order valence-electron chi connectivity index (χ4n) is 4.13. The average Bonchev–Trinajstić information content (AvgIpc) is 2.90. The molecule has 25 heavy (non-hydrogen) atoms. The number of aryl methyl sites for hydroxylation is 2. The van der Waals surface area contributed by atoms with E-state index in [0.717, 1.165) is 0 Å². The smallest absolute Gasteiger partial charge is 0.236 e. The van der Waals surface area contributed by atoms with Gasteiger partial charge in [-0.15, -0.1) is 0 Å². The number of hydrogen-bond donors (Lipinski definition) is 0. The van der Waals surface area contributed by atoms with Crippen molar-refractivity contribution in [2.24, 2.45) is 7.05 Å². The monoisotopic (exact) mass is 329 g/mol. The molecule has 0 aliphatic carbocycles. The number of fused-ring (bicyclic) bond motifs is 3. The molecule has 126 valence electrons. The number of aromatic nitrogens is 2. The Hall–Kier alpha value is -2.61. The maximum Gasteiger partial charge on any atom is 0.294 e. The number of para-hydroxylation sites is 1. The van der Waals surface area contributed by atoms with Gasteiger partial charge >= 0.3 is 0 Å². The zero-order valence-electron chi connectivity index (χ0n) is 15.7. The molecule has 2 heterocycles. The van der Waals surface area contributed by atoms with Gasteiger partial charge in [-0.1, -0.05) is 38.1 Å². The van der Waals surface area contributed by atoms with Gasteiger partial charge < -0.3 is 0 Å². The molecule has 2 aromatic carbocycles. The molecule has 0 bridgehead atoms. The van der Waals surface area contributed by atoms with Crippen LogP contribution in [-0.4, -0.2) is 4.57 Å². The third-order valence-corrected chi connectivity index (χ3v) is 5.20. The largest absolute Gasteiger partial charge is 0.294 e. The molecule has 0 radical (unpaired) electrons. The van der Waals surface area contributed by atoms with Crippen LogP contribution in [0.25, 0.3) is 27.6 Å². The summed E-state index contributed by atoms with van der Waals surface area (Å²) in [6.07, 6.45) is 2.21. The zero-order chi connectivity index (χ0) is 17.7. The zero-order valence-corrected chi connectivity index (χ0v) is 15.7. The van der Waals surface area contributed by atoms with Crippen LogP contribution < -0.4 is 4.57 Å². The van der Waals surface area contributed by atoms with E-state index < -0.39 is 0 Å². The van der Waals surface area contributed by atoms with Crippen molar-refractivity contribution in [2.75, 3.05) is 0 Å². The fourth-order valence-corrected chi connectivity index (χ4v) is 4.13. The lowest BCUT2D eigenvalue weighted by Gasteiger charge is -2.13. The lowest BCUT2D eigenvalue weighted by molar-refractivity contribution is -0.647. The van der Waals surface area contributed by atoms with Crippen LogP contribution in [0.1, 0.15) is 36.5 Å². The quantitative estimate of drug-likeness (QED) is 0.438. The first-order valence-electron chi connectivity index (χ1n) is 8.98. The van der Waals surface area contributed by atoms with Crippen molar-refractivity contribution in [1.82, 2.24) is 4.57 Å². The molecule has 2 nitrogen and oxygen atoms in total. The van der Waals surface area contributed by atoms with E-state index in [4.69, 9.17) is 0 Å². The van der Waals surface area contributed by atoms with E-state index >= 15 is 0 Å². The fraction of sp³-hybridized carbons (Fsp3) is 0.261. The van der Waals surface area contributed by atoms with Gasteiger partial charge in [-0.3, -0.25) is 0 Å². The Bertz CT molecular complexity index is 1100. The lowest BCUT2D eigenvalue weighted by atomic mass is 9.97. The molecule has 0 aliphatic heterocycles. The predicted octanol–water partition coefficient (Wildman–Crippen LogP) is 5.35. The van der Waals surface area contributed by atoms with E-state index in [1.54, 1.807) is 0 Å². The highest BCUT2D eigenvalue weighted by atomic mass is 15.1. The van der Waals surface area contributed by atoms with Crippen molar-refractivity contribution in [3.8, 4) is 5.69 Å². The van der Waals surface area contributed by atoms with Gasteiger partial charge in [-0.05, 0) is 60.7 Å². The average molecular weight is 329 g/mol. The summed E-state index contributed by atoms with van der Waals surface area (Å²) >= 11 is 0. The van der Waals surface area contributed by atoms with Crippen molar-refractivity contribution in [1.29, 1.82) is 0 Å². The Morgan fingerprint density at radius 3 is 2.44 bits per heavy atom. The van der Waals surface area contributed by atoms with Crippen molar-refractivity contribution in [3.63, 3.8) is 0 Å². The van der Waals surface area contributed by atoms with Crippen LogP contribution in [0.5, 0.6) is 0 Å². The summed E-state index contributed by atoms with van der Waals surface area (Å²) in [5, 5.41) is 2.62. The van der Waals surface area contributed by atoms with E-state index in [1.807, 2.05) is 0 Å². The van der Waals surface area contributed by atoms with Gasteiger partial charge in [0, 0.05) is 5.39 Å². The Morgan fingerprint density at radius 1 is 0.920 bits per heavy atom. The number of benzene rings is 2. The minimum atomic E-state index is 0.518. The van der Waals surface area contributed by atoms with Crippen molar-refractivity contribution >= 4 is 21.9 Å². The molecule has 0 atom stereocenters. The Labute approximate surface area is 149 Å². The van der Waals surface area contributed by atoms with E-state index in [9.17, 15) is 0 Å². The molecular formula is C23H25N2+. The summed E-state index contributed by atoms with van der Waals surface area (Å²) < 4.78 is 4.68. The second-order valence-electron chi connectivity index (χ2n) is 7.36. The summed E-state index contributed by atoms with van der Waals surface area (Å²) in [5.74, 6) is 0.518. The maximum atomic E-state index is 2.42. The first-order valence-corrected chi connectivity index (χ1v) is 8.98. The van der Waals surface area contributed by atoms with E-state index in [-0.39, 0.29) is 0 Å². The number of pyridine rings is 1. The normalized spacial score (nSPS) is 11.8. The Balaban J connectivity index is 2.20. The summed E-state index contributed by atoms with van der Waals surface area (Å²) in [4.78, 5) is 0. The second kappa shape index (κ2) is 5.73. The standard InChI is InChI=1S/C23H25N2/c1-15(2)18-10-8-12-21(17(18)4)25-22-11-7-6-9-19(22)20-13-16(3)14-24(5)23(20)25/h6-15H,1-5H3/q+1. The minimum absolute atomic E-state index is 0.518. The molecule has 0 aliphatic rings. The highest BCUT2D eigenvalue weighted by Crippen LogP contribution is 2.33. The third kappa shape index (κ3) is 2.36. The first-order chi connectivity index (χ1) is 12.0. The third-order valence-electron chi connectivity index (χ3n) is 5.20. The molecule has 2 aromatic heterocycles. The molecule has 4 rings (SSSR count). The molecule has 0 amide bonds. The molecule has 0 spiro atoms. The highest BCUT2D eigenvalue weighted by Gasteiger charge is 2.23. The highest BCUT2D eigenvalue weighted by molar-refractivity contribution is 6.07. The van der Waals surface area contributed by atoms with Crippen LogP contribution in [0.3, 0.4) is 0 Å². The van der Waals surface area contributed by atoms with E-state index in [1.165, 1.54) is 44.3 Å². The molecule has 0 fully saturated rings. The Morgan fingerprint density at radius 2 is 1.68 bits per heavy atom. The summed E-state index contributed by atoms with van der Waals surface area (Å²) in [6, 6.07) is 17.7. The number of hydrogen-bond acceptors (Lipinski definition) is 0. The van der Waals surface area contributed by atoms with Crippen molar-refractivity contribution in [2.45, 2.75) is 33.6 Å². The first kappa shape index (κ1) is 15.9. The lowest BCUT2D eigenvalue weighted by Crippen LogP contribution is -2.31. The van der Waals surface area contributed by atoms with Crippen LogP contribution >= 0.6 is 0 Å². The minimum Gasteiger partial charge on any atom is -0.236 e. The van der Waals surface area contributed by atoms with Crippen LogP contribution in [0.4, 0.5) is 0 Å².